The van der Waals surface area contributed by atoms with E-state index in [4.69, 9.17) is 0 Å². The van der Waals surface area contributed by atoms with Gasteiger partial charge >= 0.3 is 0 Å². The maximum absolute atomic E-state index is 4.20. The van der Waals surface area contributed by atoms with E-state index in [-0.39, 0.29) is 0 Å². The van der Waals surface area contributed by atoms with Gasteiger partial charge in [0.05, 0.1) is 0 Å². The van der Waals surface area contributed by atoms with E-state index in [1.54, 1.807) is 14.1 Å². The van der Waals surface area contributed by atoms with Crippen molar-refractivity contribution in [2.45, 2.75) is 18.9 Å². The molecule has 0 radical (unpaired) electrons. The minimum Gasteiger partial charge on any atom is -0.357 e. The van der Waals surface area contributed by atoms with E-state index >= 15 is 0 Å². The van der Waals surface area contributed by atoms with Crippen LogP contribution in [-0.4, -0.2) is 35.1 Å². The molecule has 6 heteroatoms. The minimum atomic E-state index is 0.548. The molecule has 2 rings (SSSR count). The summed E-state index contributed by atoms with van der Waals surface area (Å²) in [5.41, 5.74) is 0. The van der Waals surface area contributed by atoms with E-state index in [9.17, 15) is 0 Å². The summed E-state index contributed by atoms with van der Waals surface area (Å²) in [6.07, 6.45) is 2.41. The smallest absolute Gasteiger partial charge is 0.229 e. The summed E-state index contributed by atoms with van der Waals surface area (Å²) < 4.78 is 0. The summed E-state index contributed by atoms with van der Waals surface area (Å²) in [6, 6.07) is 0.548. The fourth-order valence-electron chi connectivity index (χ4n) is 1.07. The largest absolute Gasteiger partial charge is 0.357 e. The second-order valence-electron chi connectivity index (χ2n) is 3.22. The van der Waals surface area contributed by atoms with Gasteiger partial charge in [-0.3, -0.25) is 0 Å². The zero-order valence-electron chi connectivity index (χ0n) is 8.33. The maximum Gasteiger partial charge on any atom is 0.229 e. The molecule has 6 nitrogen and oxygen atoms in total. The average molecular weight is 194 g/mol. The van der Waals surface area contributed by atoms with E-state index in [2.05, 4.69) is 30.9 Å². The lowest BCUT2D eigenvalue weighted by atomic mass is 10.7. The molecule has 0 atom stereocenters. The average Bonchev–Trinajstić information content (AvgIpc) is 3.01. The quantitative estimate of drug-likeness (QED) is 0.649. The third kappa shape index (κ3) is 2.01. The Morgan fingerprint density at radius 2 is 1.43 bits per heavy atom. The lowest BCUT2D eigenvalue weighted by Gasteiger charge is -2.06. The Kier molecular flexibility index (Phi) is 2.34. The number of rotatable bonds is 4. The molecular formula is C8H14N6. The highest BCUT2D eigenvalue weighted by molar-refractivity contribution is 5.42. The Hall–Kier alpha value is -1.59. The Morgan fingerprint density at radius 3 is 1.86 bits per heavy atom. The third-order valence-corrected chi connectivity index (χ3v) is 1.99. The van der Waals surface area contributed by atoms with E-state index < -0.39 is 0 Å². The molecule has 1 aliphatic rings. The number of hydrogen-bond donors (Lipinski definition) is 3. The lowest BCUT2D eigenvalue weighted by molar-refractivity contribution is 1.00. The first kappa shape index (κ1) is 8.98. The van der Waals surface area contributed by atoms with Crippen LogP contribution in [0, 0.1) is 0 Å². The summed E-state index contributed by atoms with van der Waals surface area (Å²) in [6.45, 7) is 0. The van der Waals surface area contributed by atoms with E-state index in [1.165, 1.54) is 12.8 Å². The van der Waals surface area contributed by atoms with Crippen LogP contribution >= 0.6 is 0 Å². The summed E-state index contributed by atoms with van der Waals surface area (Å²) in [5, 5.41) is 9.01. The third-order valence-electron chi connectivity index (χ3n) is 1.99. The van der Waals surface area contributed by atoms with Crippen LogP contribution in [0.2, 0.25) is 0 Å². The van der Waals surface area contributed by atoms with Crippen LogP contribution in [0.4, 0.5) is 17.8 Å². The molecule has 0 unspecified atom stereocenters. The first-order valence-electron chi connectivity index (χ1n) is 4.70. The Balaban J connectivity index is 2.19. The Bertz CT molecular complexity index is 299. The summed E-state index contributed by atoms with van der Waals surface area (Å²) in [5.74, 6) is 1.79. The Morgan fingerprint density at radius 1 is 0.929 bits per heavy atom. The van der Waals surface area contributed by atoms with Crippen LogP contribution in [0.25, 0.3) is 0 Å². The molecule has 0 bridgehead atoms. The molecule has 76 valence electrons. The number of nitrogens with zero attached hydrogens (tertiary/aromatic N) is 3. The SMILES string of the molecule is CNc1nc(NC)nc(NC2CC2)n1. The number of hydrogen-bond acceptors (Lipinski definition) is 6. The van der Waals surface area contributed by atoms with Gasteiger partial charge in [-0.25, -0.2) is 0 Å². The summed E-state index contributed by atoms with van der Waals surface area (Å²) in [7, 11) is 3.57. The van der Waals surface area contributed by atoms with Crippen molar-refractivity contribution in [3.63, 3.8) is 0 Å². The molecule has 3 N–H and O–H groups in total. The van der Waals surface area contributed by atoms with Gasteiger partial charge in [0.1, 0.15) is 0 Å². The molecule has 1 aromatic rings. The molecule has 14 heavy (non-hydrogen) atoms. The van der Waals surface area contributed by atoms with Crippen LogP contribution in [0.3, 0.4) is 0 Å². The molecule has 0 aliphatic heterocycles. The fraction of sp³-hybridized carbons (Fsp3) is 0.625. The molecule has 1 fully saturated rings. The maximum atomic E-state index is 4.20. The number of anilines is 3. The van der Waals surface area contributed by atoms with Gasteiger partial charge in [-0.2, -0.15) is 15.0 Å². The van der Waals surface area contributed by atoms with Crippen LogP contribution in [0.1, 0.15) is 12.8 Å². The molecule has 0 aromatic carbocycles. The van der Waals surface area contributed by atoms with E-state index in [1.807, 2.05) is 0 Å². The topological polar surface area (TPSA) is 74.8 Å². The molecular weight excluding hydrogens is 180 g/mol. The van der Waals surface area contributed by atoms with Gasteiger partial charge < -0.3 is 16.0 Å². The zero-order chi connectivity index (χ0) is 9.97. The van der Waals surface area contributed by atoms with Crippen LogP contribution in [-0.2, 0) is 0 Å². The first-order valence-corrected chi connectivity index (χ1v) is 4.70. The molecule has 1 saturated carbocycles. The van der Waals surface area contributed by atoms with Crippen molar-refractivity contribution in [3.8, 4) is 0 Å². The summed E-state index contributed by atoms with van der Waals surface area (Å²) in [4.78, 5) is 12.5. The van der Waals surface area contributed by atoms with Crippen molar-refractivity contribution < 1.29 is 0 Å². The predicted octanol–water partition coefficient (Wildman–Crippen LogP) is 0.529. The zero-order valence-corrected chi connectivity index (χ0v) is 8.33. The molecule has 1 heterocycles. The van der Waals surface area contributed by atoms with Crippen molar-refractivity contribution >= 4 is 17.8 Å². The monoisotopic (exact) mass is 194 g/mol. The highest BCUT2D eigenvalue weighted by atomic mass is 15.3. The van der Waals surface area contributed by atoms with Crippen molar-refractivity contribution in [1.29, 1.82) is 0 Å². The van der Waals surface area contributed by atoms with Crippen LogP contribution in [0.15, 0.2) is 0 Å². The lowest BCUT2D eigenvalue weighted by Crippen LogP contribution is -2.10. The van der Waals surface area contributed by atoms with Gasteiger partial charge in [-0.1, -0.05) is 0 Å². The van der Waals surface area contributed by atoms with Gasteiger partial charge in [-0.05, 0) is 12.8 Å². The summed E-state index contributed by atoms with van der Waals surface area (Å²) >= 11 is 0. The highest BCUT2D eigenvalue weighted by Crippen LogP contribution is 2.23. The van der Waals surface area contributed by atoms with Gasteiger partial charge in [0.2, 0.25) is 17.8 Å². The van der Waals surface area contributed by atoms with Gasteiger partial charge in [-0.15, -0.1) is 0 Å². The predicted molar refractivity (Wildman–Crippen MR) is 55.6 cm³/mol. The van der Waals surface area contributed by atoms with E-state index in [0.29, 0.717) is 23.9 Å². The standard InChI is InChI=1S/C8H14N6/c1-9-6-12-7(10-2)14-8(13-6)11-5-3-4-5/h5H,3-4H2,1-2H3,(H3,9,10,11,12,13,14). The van der Waals surface area contributed by atoms with Crippen molar-refractivity contribution in [3.05, 3.63) is 0 Å². The van der Waals surface area contributed by atoms with Crippen molar-refractivity contribution in [1.82, 2.24) is 15.0 Å². The first-order chi connectivity index (χ1) is 6.81. The molecule has 1 aliphatic carbocycles. The van der Waals surface area contributed by atoms with Crippen LogP contribution < -0.4 is 16.0 Å². The van der Waals surface area contributed by atoms with Gasteiger partial charge in [0, 0.05) is 20.1 Å². The van der Waals surface area contributed by atoms with E-state index in [0.717, 1.165) is 0 Å². The van der Waals surface area contributed by atoms with Crippen LogP contribution in [0.5, 0.6) is 0 Å². The molecule has 0 saturated heterocycles. The molecule has 0 amide bonds. The van der Waals surface area contributed by atoms with Gasteiger partial charge in [0.15, 0.2) is 0 Å². The fourth-order valence-corrected chi connectivity index (χ4v) is 1.07. The number of aromatic nitrogens is 3. The van der Waals surface area contributed by atoms with Gasteiger partial charge in [0.25, 0.3) is 0 Å². The second kappa shape index (κ2) is 3.65. The van der Waals surface area contributed by atoms with Crippen molar-refractivity contribution in [2.75, 3.05) is 30.0 Å². The normalized spacial score (nSPS) is 15.0. The molecule has 1 aromatic heterocycles. The molecule has 0 spiro atoms. The minimum absolute atomic E-state index is 0.548. The Labute approximate surface area is 82.6 Å². The number of nitrogens with one attached hydrogen (secondary N) is 3. The van der Waals surface area contributed by atoms with Crippen molar-refractivity contribution in [2.24, 2.45) is 0 Å². The second-order valence-corrected chi connectivity index (χ2v) is 3.22. The highest BCUT2D eigenvalue weighted by Gasteiger charge is 2.22.